The summed E-state index contributed by atoms with van der Waals surface area (Å²) in [6, 6.07) is 59.4. The summed E-state index contributed by atoms with van der Waals surface area (Å²) in [6.45, 7) is 2.31. The first kappa shape index (κ1) is 29.5. The van der Waals surface area contributed by atoms with Gasteiger partial charge in [-0.05, 0) is 104 Å². The number of anilines is 2. The summed E-state index contributed by atoms with van der Waals surface area (Å²) in [4.78, 5) is 2.45. The second-order valence-electron chi connectivity index (χ2n) is 13.8. The molecular formula is C49H35NO. The van der Waals surface area contributed by atoms with E-state index in [2.05, 4.69) is 176 Å². The van der Waals surface area contributed by atoms with Crippen molar-refractivity contribution in [1.82, 2.24) is 0 Å². The molecule has 0 aliphatic heterocycles. The van der Waals surface area contributed by atoms with Gasteiger partial charge in [0.2, 0.25) is 0 Å². The third kappa shape index (κ3) is 5.03. The topological polar surface area (TPSA) is 16.4 Å². The van der Waals surface area contributed by atoms with Gasteiger partial charge in [0.1, 0.15) is 11.2 Å². The van der Waals surface area contributed by atoms with E-state index in [0.29, 0.717) is 5.92 Å². The summed E-state index contributed by atoms with van der Waals surface area (Å²) in [6.07, 6.45) is 5.89. The molecule has 9 aromatic rings. The molecule has 242 valence electrons. The summed E-state index contributed by atoms with van der Waals surface area (Å²) in [7, 11) is 0. The molecule has 1 aromatic heterocycles. The van der Waals surface area contributed by atoms with E-state index in [9.17, 15) is 0 Å². The SMILES string of the molecule is CC1C=C(N(c2ccc(-c3ccc4ccc5oc6ccccc6c5c4c3)cc2)c2ccc3c(ccc4ccccc43)c2)C(c2ccccc2)=CC1. The van der Waals surface area contributed by atoms with Crippen LogP contribution in [0.25, 0.3) is 71.0 Å². The average molecular weight is 654 g/mol. The Morgan fingerprint density at radius 3 is 2.04 bits per heavy atom. The van der Waals surface area contributed by atoms with Gasteiger partial charge in [-0.2, -0.15) is 0 Å². The normalized spacial score (nSPS) is 14.7. The van der Waals surface area contributed by atoms with Crippen molar-refractivity contribution >= 4 is 71.2 Å². The summed E-state index contributed by atoms with van der Waals surface area (Å²) in [5.41, 5.74) is 10.2. The zero-order chi connectivity index (χ0) is 33.9. The maximum absolute atomic E-state index is 6.23. The van der Waals surface area contributed by atoms with Gasteiger partial charge in [0.15, 0.2) is 0 Å². The Hall–Kier alpha value is -6.38. The molecule has 10 rings (SSSR count). The van der Waals surface area contributed by atoms with Crippen LogP contribution in [-0.2, 0) is 0 Å². The summed E-state index contributed by atoms with van der Waals surface area (Å²) in [5.74, 6) is 0.423. The Kier molecular flexibility index (Phi) is 6.89. The van der Waals surface area contributed by atoms with Crippen molar-refractivity contribution in [2.45, 2.75) is 13.3 Å². The summed E-state index contributed by atoms with van der Waals surface area (Å²) in [5, 5.41) is 9.80. The molecule has 2 heteroatoms. The van der Waals surface area contributed by atoms with Crippen LogP contribution in [0.4, 0.5) is 11.4 Å². The molecule has 8 aromatic carbocycles. The Bertz CT molecular complexity index is 2840. The quantitative estimate of drug-likeness (QED) is 0.172. The predicted molar refractivity (Wildman–Crippen MR) is 217 cm³/mol. The lowest BCUT2D eigenvalue weighted by Crippen LogP contribution is -2.20. The monoisotopic (exact) mass is 653 g/mol. The van der Waals surface area contributed by atoms with Crippen LogP contribution < -0.4 is 4.90 Å². The largest absolute Gasteiger partial charge is 0.456 e. The van der Waals surface area contributed by atoms with Gasteiger partial charge in [-0.25, -0.2) is 0 Å². The van der Waals surface area contributed by atoms with Crippen LogP contribution in [-0.4, -0.2) is 0 Å². The van der Waals surface area contributed by atoms with Crippen LogP contribution >= 0.6 is 0 Å². The molecule has 0 N–H and O–H groups in total. The Morgan fingerprint density at radius 1 is 0.490 bits per heavy atom. The smallest absolute Gasteiger partial charge is 0.136 e. The molecule has 0 fully saturated rings. The zero-order valence-electron chi connectivity index (χ0n) is 28.4. The second kappa shape index (κ2) is 11.9. The third-order valence-corrected chi connectivity index (χ3v) is 10.5. The minimum atomic E-state index is 0.423. The zero-order valence-corrected chi connectivity index (χ0v) is 28.4. The van der Waals surface area contributed by atoms with Gasteiger partial charge in [-0.3, -0.25) is 0 Å². The van der Waals surface area contributed by atoms with Gasteiger partial charge in [0.25, 0.3) is 0 Å². The van der Waals surface area contributed by atoms with E-state index in [4.69, 9.17) is 4.42 Å². The van der Waals surface area contributed by atoms with Crippen molar-refractivity contribution in [3.8, 4) is 11.1 Å². The van der Waals surface area contributed by atoms with Crippen LogP contribution in [0.5, 0.6) is 0 Å². The molecule has 0 saturated heterocycles. The fourth-order valence-corrected chi connectivity index (χ4v) is 8.01. The van der Waals surface area contributed by atoms with Crippen molar-refractivity contribution in [1.29, 1.82) is 0 Å². The molecule has 1 unspecified atom stereocenters. The maximum Gasteiger partial charge on any atom is 0.136 e. The second-order valence-corrected chi connectivity index (χ2v) is 13.8. The minimum absolute atomic E-state index is 0.423. The Balaban J connectivity index is 1.12. The highest BCUT2D eigenvalue weighted by atomic mass is 16.3. The van der Waals surface area contributed by atoms with Crippen molar-refractivity contribution in [2.75, 3.05) is 4.90 Å². The van der Waals surface area contributed by atoms with Gasteiger partial charge >= 0.3 is 0 Å². The van der Waals surface area contributed by atoms with Crippen molar-refractivity contribution in [3.63, 3.8) is 0 Å². The molecule has 0 radical (unpaired) electrons. The van der Waals surface area contributed by atoms with E-state index in [1.807, 2.05) is 12.1 Å². The summed E-state index contributed by atoms with van der Waals surface area (Å²) >= 11 is 0. The minimum Gasteiger partial charge on any atom is -0.456 e. The van der Waals surface area contributed by atoms with E-state index in [0.717, 1.165) is 34.3 Å². The van der Waals surface area contributed by atoms with Crippen LogP contribution in [0.15, 0.2) is 186 Å². The predicted octanol–water partition coefficient (Wildman–Crippen LogP) is 13.9. The van der Waals surface area contributed by atoms with E-state index >= 15 is 0 Å². The molecule has 51 heavy (non-hydrogen) atoms. The third-order valence-electron chi connectivity index (χ3n) is 10.5. The van der Waals surface area contributed by atoms with Crippen molar-refractivity contribution < 1.29 is 4.42 Å². The molecule has 1 aliphatic rings. The van der Waals surface area contributed by atoms with E-state index in [1.165, 1.54) is 65.7 Å². The van der Waals surface area contributed by atoms with E-state index < -0.39 is 0 Å². The van der Waals surface area contributed by atoms with Gasteiger partial charge in [0, 0.05) is 33.4 Å². The molecule has 1 atom stereocenters. The van der Waals surface area contributed by atoms with Crippen LogP contribution in [0, 0.1) is 5.92 Å². The number of hydrogen-bond donors (Lipinski definition) is 0. The van der Waals surface area contributed by atoms with Crippen LogP contribution in [0.2, 0.25) is 0 Å². The van der Waals surface area contributed by atoms with Crippen molar-refractivity contribution in [2.24, 2.45) is 5.92 Å². The lowest BCUT2D eigenvalue weighted by atomic mass is 9.89. The van der Waals surface area contributed by atoms with Crippen LogP contribution in [0.1, 0.15) is 18.9 Å². The van der Waals surface area contributed by atoms with Crippen molar-refractivity contribution in [3.05, 3.63) is 187 Å². The molecule has 0 saturated carbocycles. The van der Waals surface area contributed by atoms with E-state index in [1.54, 1.807) is 0 Å². The number of rotatable bonds is 5. The lowest BCUT2D eigenvalue weighted by molar-refractivity contribution is 0.669. The number of fused-ring (bicyclic) bond motifs is 8. The molecule has 0 bridgehead atoms. The fraction of sp³-hybridized carbons (Fsp3) is 0.0612. The number of benzene rings is 8. The maximum atomic E-state index is 6.23. The number of para-hydroxylation sites is 1. The van der Waals surface area contributed by atoms with Gasteiger partial charge in [-0.1, -0.05) is 140 Å². The average Bonchev–Trinajstić information content (AvgIpc) is 3.58. The molecule has 1 aliphatic carbocycles. The van der Waals surface area contributed by atoms with E-state index in [-0.39, 0.29) is 0 Å². The molecule has 0 spiro atoms. The first-order chi connectivity index (χ1) is 25.2. The Labute approximate surface area is 297 Å². The lowest BCUT2D eigenvalue weighted by Gasteiger charge is -2.33. The highest BCUT2D eigenvalue weighted by molar-refractivity contribution is 6.19. The Morgan fingerprint density at radius 2 is 1.16 bits per heavy atom. The highest BCUT2D eigenvalue weighted by Gasteiger charge is 2.24. The summed E-state index contributed by atoms with van der Waals surface area (Å²) < 4.78 is 6.23. The molecule has 1 heterocycles. The number of hydrogen-bond acceptors (Lipinski definition) is 2. The molecular weight excluding hydrogens is 619 g/mol. The fourth-order valence-electron chi connectivity index (χ4n) is 8.01. The van der Waals surface area contributed by atoms with Gasteiger partial charge < -0.3 is 9.32 Å². The van der Waals surface area contributed by atoms with Gasteiger partial charge in [-0.15, -0.1) is 0 Å². The first-order valence-electron chi connectivity index (χ1n) is 17.8. The van der Waals surface area contributed by atoms with Gasteiger partial charge in [0.05, 0.1) is 0 Å². The molecule has 2 nitrogen and oxygen atoms in total. The number of nitrogens with zero attached hydrogens (tertiary/aromatic N) is 1. The number of allylic oxidation sites excluding steroid dienone is 3. The molecule has 0 amide bonds. The van der Waals surface area contributed by atoms with Crippen LogP contribution in [0.3, 0.4) is 0 Å². The first-order valence-corrected chi connectivity index (χ1v) is 17.8. The highest BCUT2D eigenvalue weighted by Crippen LogP contribution is 2.43. The number of furan rings is 1. The standard InChI is InChI=1S/C49H35NO/c1-32-15-26-43(34-9-3-2-4-10-34)46(29-32)50(40-25-27-42-38(30-40)19-17-35-11-5-6-12-41(35)42)39-23-20-33(21-24-39)37-18-16-36-22-28-48-49(45(36)31-37)44-13-7-8-14-47(44)51-48/h2-14,16-32H,15H2,1H3.